The average molecular weight is 448 g/mol. The van der Waals surface area contributed by atoms with Gasteiger partial charge in [-0.15, -0.1) is 0 Å². The maximum Gasteiger partial charge on any atom is 0.311 e. The van der Waals surface area contributed by atoms with Crippen molar-refractivity contribution in [1.82, 2.24) is 24.5 Å². The Balaban J connectivity index is 1.65. The molecule has 10 nitrogen and oxygen atoms in total. The molecule has 0 aliphatic heterocycles. The van der Waals surface area contributed by atoms with Gasteiger partial charge in [-0.1, -0.05) is 6.07 Å². The van der Waals surface area contributed by atoms with Crippen LogP contribution in [-0.2, 0) is 6.42 Å². The van der Waals surface area contributed by atoms with Gasteiger partial charge in [0.2, 0.25) is 5.75 Å². The first-order chi connectivity index (χ1) is 16.0. The molecule has 0 radical (unpaired) electrons. The second-order valence-electron chi connectivity index (χ2n) is 7.66. The van der Waals surface area contributed by atoms with Gasteiger partial charge in [-0.25, -0.2) is 14.5 Å². The summed E-state index contributed by atoms with van der Waals surface area (Å²) >= 11 is 0. The zero-order valence-electron chi connectivity index (χ0n) is 18.6. The molecule has 10 heteroatoms. The van der Waals surface area contributed by atoms with Crippen LogP contribution in [0.25, 0.3) is 16.8 Å². The van der Waals surface area contributed by atoms with Crippen LogP contribution in [0, 0.1) is 10.1 Å². The summed E-state index contributed by atoms with van der Waals surface area (Å²) in [5, 5.41) is 16.0. The number of aromatic nitrogens is 4. The van der Waals surface area contributed by atoms with Crippen LogP contribution >= 0.6 is 0 Å². The topological polar surface area (TPSA) is 108 Å². The maximum atomic E-state index is 11.7. The molecule has 0 saturated heterocycles. The number of benzene rings is 1. The van der Waals surface area contributed by atoms with Gasteiger partial charge in [0, 0.05) is 48.6 Å². The molecule has 0 amide bonds. The lowest BCUT2D eigenvalue weighted by Crippen LogP contribution is -2.19. The van der Waals surface area contributed by atoms with Crippen LogP contribution in [0.2, 0.25) is 0 Å². The summed E-state index contributed by atoms with van der Waals surface area (Å²) in [5.41, 5.74) is 3.00. The van der Waals surface area contributed by atoms with Gasteiger partial charge in [0.15, 0.2) is 0 Å². The lowest BCUT2D eigenvalue weighted by molar-refractivity contribution is -0.385. The molecule has 0 aliphatic rings. The van der Waals surface area contributed by atoms with E-state index in [1.165, 1.54) is 13.2 Å². The fraction of sp³-hybridized carbons (Fsp3) is 0.261. The van der Waals surface area contributed by atoms with E-state index in [4.69, 9.17) is 9.47 Å². The number of nitro benzene ring substituents is 1. The van der Waals surface area contributed by atoms with Crippen molar-refractivity contribution in [1.29, 1.82) is 0 Å². The van der Waals surface area contributed by atoms with E-state index in [1.807, 2.05) is 49.5 Å². The Kier molecular flexibility index (Phi) is 6.45. The third-order valence-corrected chi connectivity index (χ3v) is 5.11. The van der Waals surface area contributed by atoms with Gasteiger partial charge < -0.3 is 14.4 Å². The van der Waals surface area contributed by atoms with E-state index in [1.54, 1.807) is 23.0 Å². The van der Waals surface area contributed by atoms with Crippen LogP contribution in [0.5, 0.6) is 11.5 Å². The third kappa shape index (κ3) is 4.90. The maximum absolute atomic E-state index is 11.7. The highest BCUT2D eigenvalue weighted by Crippen LogP contribution is 2.35. The van der Waals surface area contributed by atoms with E-state index in [-0.39, 0.29) is 17.9 Å². The quantitative estimate of drug-likeness (QED) is 0.284. The summed E-state index contributed by atoms with van der Waals surface area (Å²) in [6.07, 6.45) is 5.55. The summed E-state index contributed by atoms with van der Waals surface area (Å²) in [7, 11) is 5.33. The molecule has 4 rings (SSSR count). The van der Waals surface area contributed by atoms with Crippen molar-refractivity contribution in [3.63, 3.8) is 0 Å². The summed E-state index contributed by atoms with van der Waals surface area (Å²) in [4.78, 5) is 22.2. The number of hydrogen-bond donors (Lipinski definition) is 0. The molecular weight excluding hydrogens is 424 g/mol. The SMILES string of the molecule is COc1cc(OCCN(C)C)c([N+](=O)[O-])cc1Cc1nccc(-c2cnn3ccccc23)n1. The fourth-order valence-electron chi connectivity index (χ4n) is 3.45. The highest BCUT2D eigenvalue weighted by atomic mass is 16.6. The fourth-order valence-corrected chi connectivity index (χ4v) is 3.45. The van der Waals surface area contributed by atoms with E-state index in [2.05, 4.69) is 15.1 Å². The Labute approximate surface area is 190 Å². The Hall–Kier alpha value is -4.05. The molecule has 0 fully saturated rings. The van der Waals surface area contributed by atoms with Crippen molar-refractivity contribution >= 4 is 11.2 Å². The average Bonchev–Trinajstić information content (AvgIpc) is 3.23. The number of rotatable bonds is 9. The highest BCUT2D eigenvalue weighted by molar-refractivity contribution is 5.77. The van der Waals surface area contributed by atoms with Crippen molar-refractivity contribution in [2.24, 2.45) is 0 Å². The predicted molar refractivity (Wildman–Crippen MR) is 123 cm³/mol. The summed E-state index contributed by atoms with van der Waals surface area (Å²) < 4.78 is 12.9. The second kappa shape index (κ2) is 9.61. The molecule has 170 valence electrons. The number of ether oxygens (including phenoxy) is 2. The van der Waals surface area contributed by atoms with Crippen LogP contribution < -0.4 is 9.47 Å². The van der Waals surface area contributed by atoms with Gasteiger partial charge in [0.05, 0.1) is 29.4 Å². The number of nitro groups is 1. The first-order valence-electron chi connectivity index (χ1n) is 10.3. The summed E-state index contributed by atoms with van der Waals surface area (Å²) in [6.45, 7) is 0.951. The first-order valence-corrected chi connectivity index (χ1v) is 10.3. The van der Waals surface area contributed by atoms with Crippen molar-refractivity contribution < 1.29 is 14.4 Å². The zero-order valence-corrected chi connectivity index (χ0v) is 18.6. The largest absolute Gasteiger partial charge is 0.496 e. The zero-order chi connectivity index (χ0) is 23.4. The van der Waals surface area contributed by atoms with Gasteiger partial charge >= 0.3 is 5.69 Å². The van der Waals surface area contributed by atoms with E-state index in [0.717, 1.165) is 16.8 Å². The molecule has 0 atom stereocenters. The smallest absolute Gasteiger partial charge is 0.311 e. The first kappa shape index (κ1) is 22.2. The molecule has 3 heterocycles. The van der Waals surface area contributed by atoms with E-state index in [9.17, 15) is 10.1 Å². The molecule has 33 heavy (non-hydrogen) atoms. The number of hydrogen-bond acceptors (Lipinski definition) is 8. The van der Waals surface area contributed by atoms with Crippen LogP contribution in [0.3, 0.4) is 0 Å². The number of fused-ring (bicyclic) bond motifs is 1. The Bertz CT molecular complexity index is 1290. The molecule has 3 aromatic heterocycles. The summed E-state index contributed by atoms with van der Waals surface area (Å²) in [6, 6.07) is 10.6. The van der Waals surface area contributed by atoms with Gasteiger partial charge in [-0.2, -0.15) is 5.10 Å². The van der Waals surface area contributed by atoms with E-state index in [0.29, 0.717) is 30.3 Å². The minimum atomic E-state index is -0.454. The molecule has 0 spiro atoms. The summed E-state index contributed by atoms with van der Waals surface area (Å²) in [5.74, 6) is 1.16. The van der Waals surface area contributed by atoms with Crippen LogP contribution in [0.15, 0.2) is 55.0 Å². The number of nitrogens with zero attached hydrogens (tertiary/aromatic N) is 6. The monoisotopic (exact) mass is 448 g/mol. The van der Waals surface area contributed by atoms with Gasteiger partial charge in [-0.3, -0.25) is 10.1 Å². The third-order valence-electron chi connectivity index (χ3n) is 5.11. The molecule has 1 aromatic carbocycles. The van der Waals surface area contributed by atoms with Crippen molar-refractivity contribution in [3.05, 3.63) is 76.5 Å². The van der Waals surface area contributed by atoms with Crippen molar-refractivity contribution in [2.45, 2.75) is 6.42 Å². The van der Waals surface area contributed by atoms with E-state index >= 15 is 0 Å². The van der Waals surface area contributed by atoms with Crippen LogP contribution in [0.4, 0.5) is 5.69 Å². The number of likely N-dealkylation sites (N-methyl/N-ethyl adjacent to an activating group) is 1. The lowest BCUT2D eigenvalue weighted by Gasteiger charge is -2.14. The minimum Gasteiger partial charge on any atom is -0.496 e. The van der Waals surface area contributed by atoms with Crippen molar-refractivity contribution in [2.75, 3.05) is 34.4 Å². The molecule has 0 N–H and O–H groups in total. The Morgan fingerprint density at radius 2 is 2.03 bits per heavy atom. The van der Waals surface area contributed by atoms with Gasteiger partial charge in [0.25, 0.3) is 0 Å². The highest BCUT2D eigenvalue weighted by Gasteiger charge is 2.21. The molecule has 0 saturated carbocycles. The Morgan fingerprint density at radius 1 is 1.18 bits per heavy atom. The number of pyridine rings is 1. The van der Waals surface area contributed by atoms with Gasteiger partial charge in [0.1, 0.15) is 18.2 Å². The van der Waals surface area contributed by atoms with Crippen LogP contribution in [-0.4, -0.2) is 63.8 Å². The minimum absolute atomic E-state index is 0.122. The van der Waals surface area contributed by atoms with Crippen molar-refractivity contribution in [3.8, 4) is 22.8 Å². The molecular formula is C23H24N6O4. The number of methoxy groups -OCH3 is 1. The van der Waals surface area contributed by atoms with E-state index < -0.39 is 4.92 Å². The second-order valence-corrected chi connectivity index (χ2v) is 7.66. The standard InChI is InChI=1S/C23H24N6O4/c1-27(2)10-11-33-22-14-21(32-3)16(12-20(22)29(30)31)13-23-24-8-7-18(26-23)17-15-25-28-9-5-4-6-19(17)28/h4-9,12,14-15H,10-11,13H2,1-3H3. The normalized spacial score (nSPS) is 11.2. The molecule has 0 unspecified atom stereocenters. The van der Waals surface area contributed by atoms with Gasteiger partial charge in [-0.05, 0) is 32.3 Å². The molecule has 0 aliphatic carbocycles. The molecule has 0 bridgehead atoms. The molecule has 4 aromatic rings. The lowest BCUT2D eigenvalue weighted by atomic mass is 10.1. The predicted octanol–water partition coefficient (Wildman–Crippen LogP) is 3.24. The Morgan fingerprint density at radius 3 is 2.79 bits per heavy atom. The van der Waals surface area contributed by atoms with Crippen LogP contribution in [0.1, 0.15) is 11.4 Å².